The Morgan fingerprint density at radius 3 is 2.48 bits per heavy atom. The first kappa shape index (κ1) is 17.8. The highest BCUT2D eigenvalue weighted by atomic mass is 32.2. The van der Waals surface area contributed by atoms with Crippen LogP contribution in [0.15, 0.2) is 23.1 Å². The molecule has 0 aliphatic carbocycles. The van der Waals surface area contributed by atoms with Crippen molar-refractivity contribution in [2.24, 2.45) is 11.8 Å². The Bertz CT molecular complexity index is 794. The van der Waals surface area contributed by atoms with E-state index < -0.39 is 47.1 Å². The predicted molar refractivity (Wildman–Crippen MR) is 76.9 cm³/mol. The van der Waals surface area contributed by atoms with Crippen LogP contribution in [0.5, 0.6) is 11.5 Å². The van der Waals surface area contributed by atoms with Crippen LogP contribution >= 0.6 is 0 Å². The van der Waals surface area contributed by atoms with Gasteiger partial charge in [0.1, 0.15) is 18.1 Å². The maximum absolute atomic E-state index is 13.1. The van der Waals surface area contributed by atoms with Crippen LogP contribution in [0.4, 0.5) is 13.2 Å². The average Bonchev–Trinajstić information content (AvgIpc) is 3.01. The molecule has 138 valence electrons. The van der Waals surface area contributed by atoms with E-state index in [-0.39, 0.29) is 29.6 Å². The monoisotopic (exact) mass is 381 g/mol. The second-order valence-electron chi connectivity index (χ2n) is 5.70. The van der Waals surface area contributed by atoms with E-state index in [1.165, 1.54) is 18.2 Å². The largest absolute Gasteiger partial charge is 0.486 e. The topological polar surface area (TPSA) is 93.1 Å². The summed E-state index contributed by atoms with van der Waals surface area (Å²) in [4.78, 5) is 10.8. The Balaban J connectivity index is 1.98. The molecule has 2 aliphatic rings. The van der Waals surface area contributed by atoms with Gasteiger partial charge in [-0.15, -0.1) is 0 Å². The number of ether oxygens (including phenoxy) is 2. The van der Waals surface area contributed by atoms with Gasteiger partial charge < -0.3 is 14.6 Å². The van der Waals surface area contributed by atoms with Gasteiger partial charge in [0.15, 0.2) is 11.5 Å². The molecule has 0 bridgehead atoms. The quantitative estimate of drug-likeness (QED) is 0.850. The van der Waals surface area contributed by atoms with Crippen molar-refractivity contribution in [1.29, 1.82) is 0 Å². The molecular formula is C14H14F3NO6S. The number of alkyl halides is 3. The van der Waals surface area contributed by atoms with E-state index in [2.05, 4.69) is 0 Å². The number of para-hydroxylation sites is 1. The van der Waals surface area contributed by atoms with Crippen molar-refractivity contribution in [2.75, 3.05) is 26.3 Å². The molecule has 0 amide bonds. The molecule has 0 radical (unpaired) electrons. The van der Waals surface area contributed by atoms with Crippen molar-refractivity contribution in [3.63, 3.8) is 0 Å². The molecular weight excluding hydrogens is 367 g/mol. The van der Waals surface area contributed by atoms with E-state index in [0.29, 0.717) is 4.31 Å². The normalized spacial score (nSPS) is 24.3. The Labute approximate surface area is 141 Å². The molecule has 0 unspecified atom stereocenters. The number of rotatable bonds is 3. The van der Waals surface area contributed by atoms with Gasteiger partial charge in [-0.2, -0.15) is 17.5 Å². The van der Waals surface area contributed by atoms with Gasteiger partial charge in [-0.1, -0.05) is 6.07 Å². The number of carboxylic acid groups (broad SMARTS) is 1. The second-order valence-corrected chi connectivity index (χ2v) is 7.60. The van der Waals surface area contributed by atoms with Gasteiger partial charge in [-0.25, -0.2) is 8.42 Å². The third-order valence-corrected chi connectivity index (χ3v) is 6.03. The summed E-state index contributed by atoms with van der Waals surface area (Å²) >= 11 is 0. The summed E-state index contributed by atoms with van der Waals surface area (Å²) in [6.07, 6.45) is -4.82. The van der Waals surface area contributed by atoms with Crippen molar-refractivity contribution in [2.45, 2.75) is 11.1 Å². The Morgan fingerprint density at radius 2 is 1.88 bits per heavy atom. The van der Waals surface area contributed by atoms with E-state index >= 15 is 0 Å². The average molecular weight is 381 g/mol. The highest BCUT2D eigenvalue weighted by molar-refractivity contribution is 7.89. The molecule has 11 heteroatoms. The lowest BCUT2D eigenvalue weighted by atomic mass is 9.96. The van der Waals surface area contributed by atoms with Gasteiger partial charge in [0, 0.05) is 13.1 Å². The molecule has 1 fully saturated rings. The summed E-state index contributed by atoms with van der Waals surface area (Å²) in [6, 6.07) is 4.06. The molecule has 0 spiro atoms. The molecule has 1 aromatic rings. The number of aliphatic carboxylic acids is 1. The van der Waals surface area contributed by atoms with Crippen molar-refractivity contribution < 1.29 is 41.0 Å². The fourth-order valence-corrected chi connectivity index (χ4v) is 4.57. The lowest BCUT2D eigenvalue weighted by Crippen LogP contribution is -2.34. The van der Waals surface area contributed by atoms with Crippen LogP contribution < -0.4 is 9.47 Å². The van der Waals surface area contributed by atoms with Gasteiger partial charge in [0.05, 0.1) is 11.8 Å². The van der Waals surface area contributed by atoms with Crippen molar-refractivity contribution in [3.8, 4) is 11.5 Å². The first-order valence-electron chi connectivity index (χ1n) is 7.30. The maximum Gasteiger partial charge on any atom is 0.393 e. The summed E-state index contributed by atoms with van der Waals surface area (Å²) in [5.74, 6) is -5.71. The Morgan fingerprint density at radius 1 is 1.20 bits per heavy atom. The molecule has 2 atom stereocenters. The highest BCUT2D eigenvalue weighted by Gasteiger charge is 2.55. The number of hydrogen-bond acceptors (Lipinski definition) is 5. The number of sulfonamides is 1. The van der Waals surface area contributed by atoms with Gasteiger partial charge in [0.25, 0.3) is 0 Å². The lowest BCUT2D eigenvalue weighted by molar-refractivity contribution is -0.187. The third-order valence-electron chi connectivity index (χ3n) is 4.17. The third kappa shape index (κ3) is 3.13. The number of carboxylic acids is 1. The Kier molecular flexibility index (Phi) is 4.31. The van der Waals surface area contributed by atoms with Crippen LogP contribution in [0.3, 0.4) is 0 Å². The number of halogens is 3. The van der Waals surface area contributed by atoms with Crippen LogP contribution in [-0.2, 0) is 14.8 Å². The van der Waals surface area contributed by atoms with Crippen LogP contribution in [0.2, 0.25) is 0 Å². The molecule has 25 heavy (non-hydrogen) atoms. The summed E-state index contributed by atoms with van der Waals surface area (Å²) in [6.45, 7) is -1.39. The van der Waals surface area contributed by atoms with Crippen LogP contribution in [0.25, 0.3) is 0 Å². The number of carbonyl (C=O) groups is 1. The zero-order valence-corrected chi connectivity index (χ0v) is 13.5. The zero-order valence-electron chi connectivity index (χ0n) is 12.7. The summed E-state index contributed by atoms with van der Waals surface area (Å²) in [7, 11) is -4.37. The van der Waals surface area contributed by atoms with Crippen molar-refractivity contribution in [3.05, 3.63) is 18.2 Å². The van der Waals surface area contributed by atoms with E-state index in [4.69, 9.17) is 14.6 Å². The van der Waals surface area contributed by atoms with Gasteiger partial charge in [-0.3, -0.25) is 4.79 Å². The predicted octanol–water partition coefficient (Wildman–Crippen LogP) is 1.34. The summed E-state index contributed by atoms with van der Waals surface area (Å²) < 4.78 is 75.9. The fraction of sp³-hybridized carbons (Fsp3) is 0.500. The molecule has 3 rings (SSSR count). The number of hydrogen-bond donors (Lipinski definition) is 1. The molecule has 2 heterocycles. The molecule has 1 N–H and O–H groups in total. The second kappa shape index (κ2) is 6.06. The molecule has 7 nitrogen and oxygen atoms in total. The van der Waals surface area contributed by atoms with Crippen molar-refractivity contribution >= 4 is 16.0 Å². The smallest absolute Gasteiger partial charge is 0.393 e. The van der Waals surface area contributed by atoms with Gasteiger partial charge in [-0.05, 0) is 12.1 Å². The fourth-order valence-electron chi connectivity index (χ4n) is 2.94. The van der Waals surface area contributed by atoms with Gasteiger partial charge in [0.2, 0.25) is 10.0 Å². The zero-order chi connectivity index (χ0) is 18.4. The van der Waals surface area contributed by atoms with E-state index in [0.717, 1.165) is 0 Å². The summed E-state index contributed by atoms with van der Waals surface area (Å²) in [5.41, 5.74) is 0. The van der Waals surface area contributed by atoms with Crippen LogP contribution in [0.1, 0.15) is 0 Å². The number of nitrogens with zero attached hydrogens (tertiary/aromatic N) is 1. The lowest BCUT2D eigenvalue weighted by Gasteiger charge is -2.23. The Hall–Kier alpha value is -2.01. The van der Waals surface area contributed by atoms with E-state index in [9.17, 15) is 26.4 Å². The van der Waals surface area contributed by atoms with E-state index in [1.54, 1.807) is 0 Å². The SMILES string of the molecule is O=C(O)[C@@H]1CN(S(=O)(=O)c2cccc3c2OCCO3)C[C@H]1C(F)(F)F. The van der Waals surface area contributed by atoms with Crippen LogP contribution in [-0.4, -0.2) is 56.3 Å². The maximum atomic E-state index is 13.1. The van der Waals surface area contributed by atoms with Crippen LogP contribution in [0, 0.1) is 11.8 Å². The molecule has 0 aromatic heterocycles. The minimum atomic E-state index is -4.82. The van der Waals surface area contributed by atoms with E-state index in [1.807, 2.05) is 0 Å². The highest BCUT2D eigenvalue weighted by Crippen LogP contribution is 2.42. The standard InChI is InChI=1S/C14H14F3NO6S/c15-14(16,17)9-7-18(6-8(9)13(19)20)25(21,22)11-3-1-2-10-12(11)24-5-4-23-10/h1-3,8-9H,4-7H2,(H,19,20)/t8-,9-/m1/s1. The summed E-state index contributed by atoms with van der Waals surface area (Å²) in [5, 5.41) is 9.03. The first-order valence-corrected chi connectivity index (χ1v) is 8.74. The molecule has 1 aromatic carbocycles. The minimum Gasteiger partial charge on any atom is -0.486 e. The minimum absolute atomic E-state index is 0.0731. The van der Waals surface area contributed by atoms with Gasteiger partial charge >= 0.3 is 12.1 Å². The molecule has 2 aliphatic heterocycles. The number of fused-ring (bicyclic) bond motifs is 1. The number of benzene rings is 1. The van der Waals surface area contributed by atoms with Crippen molar-refractivity contribution in [1.82, 2.24) is 4.31 Å². The molecule has 0 saturated carbocycles. The first-order chi connectivity index (χ1) is 11.6. The molecule has 1 saturated heterocycles.